The number of hydrogen-bond acceptors (Lipinski definition) is 5. The number of nitrogens with zero attached hydrogens (tertiary/aromatic N) is 1. The molecule has 0 aromatic carbocycles. The Bertz CT molecular complexity index is 867. The van der Waals surface area contributed by atoms with Crippen molar-refractivity contribution in [3.05, 3.63) is 0 Å². The molecule has 0 aliphatic carbocycles. The van der Waals surface area contributed by atoms with Crippen LogP contribution in [0.4, 0.5) is 0 Å². The van der Waals surface area contributed by atoms with Crippen molar-refractivity contribution in [1.82, 2.24) is 15.5 Å². The van der Waals surface area contributed by atoms with Crippen LogP contribution in [0.3, 0.4) is 0 Å². The molecule has 3 N–H and O–H groups in total. The van der Waals surface area contributed by atoms with Crippen LogP contribution in [-0.2, 0) is 19.1 Å². The third kappa shape index (κ3) is 4.39. The third-order valence-electron chi connectivity index (χ3n) is 8.81. The summed E-state index contributed by atoms with van der Waals surface area (Å²) in [5.74, 6) is -2.26. The van der Waals surface area contributed by atoms with E-state index in [1.807, 2.05) is 41.5 Å². The monoisotopic (exact) mass is 493 g/mol. The Kier molecular flexibility index (Phi) is 7.19. The van der Waals surface area contributed by atoms with Crippen molar-refractivity contribution in [2.75, 3.05) is 13.7 Å². The third-order valence-corrected chi connectivity index (χ3v) is 8.81. The first-order valence-corrected chi connectivity index (χ1v) is 13.2. The summed E-state index contributed by atoms with van der Waals surface area (Å²) in [5, 5.41) is 16.3. The SMILES string of the molecule is CC[C@H](C)[C@H](CO)N1C(=O)[C@@H]2[C@H](C(=O)NC)[C@@]3(C)OC2(CC3C)C1C(=O)NC(C)(C)CC(C)(C)C. The van der Waals surface area contributed by atoms with E-state index in [9.17, 15) is 19.5 Å². The van der Waals surface area contributed by atoms with Crippen LogP contribution in [0, 0.1) is 29.1 Å². The number of rotatable bonds is 8. The highest BCUT2D eigenvalue weighted by Gasteiger charge is 2.80. The smallest absolute Gasteiger partial charge is 0.246 e. The van der Waals surface area contributed by atoms with Gasteiger partial charge in [0.05, 0.1) is 30.1 Å². The summed E-state index contributed by atoms with van der Waals surface area (Å²) in [7, 11) is 1.57. The quantitative estimate of drug-likeness (QED) is 0.482. The molecule has 3 saturated heterocycles. The first kappa shape index (κ1) is 27.9. The average Bonchev–Trinajstić information content (AvgIpc) is 3.23. The summed E-state index contributed by atoms with van der Waals surface area (Å²) in [6.07, 6.45) is 2.00. The second kappa shape index (κ2) is 9.02. The number of nitrogens with one attached hydrogen (secondary N) is 2. The topological polar surface area (TPSA) is 108 Å². The molecule has 3 amide bonds. The van der Waals surface area contributed by atoms with Gasteiger partial charge in [0.15, 0.2) is 0 Å². The summed E-state index contributed by atoms with van der Waals surface area (Å²) in [6.45, 7) is 18.0. The van der Waals surface area contributed by atoms with Gasteiger partial charge in [-0.25, -0.2) is 0 Å². The van der Waals surface area contributed by atoms with Crippen LogP contribution >= 0.6 is 0 Å². The Morgan fingerprint density at radius 1 is 1.23 bits per heavy atom. The van der Waals surface area contributed by atoms with Crippen LogP contribution in [0.2, 0.25) is 0 Å². The van der Waals surface area contributed by atoms with Crippen molar-refractivity contribution in [3.63, 3.8) is 0 Å². The van der Waals surface area contributed by atoms with Crippen molar-refractivity contribution in [2.45, 2.75) is 110 Å². The number of hydrogen-bond donors (Lipinski definition) is 3. The lowest BCUT2D eigenvalue weighted by Gasteiger charge is -2.41. The van der Waals surface area contributed by atoms with E-state index in [2.05, 4.69) is 31.4 Å². The summed E-state index contributed by atoms with van der Waals surface area (Å²) in [5.41, 5.74) is -2.47. The molecular formula is C27H47N3O5. The zero-order chi connectivity index (χ0) is 26.7. The zero-order valence-corrected chi connectivity index (χ0v) is 23.3. The number of fused-ring (bicyclic) bond motifs is 1. The van der Waals surface area contributed by atoms with E-state index in [-0.39, 0.29) is 41.6 Å². The molecule has 3 aliphatic heterocycles. The van der Waals surface area contributed by atoms with Crippen molar-refractivity contribution in [3.8, 4) is 0 Å². The largest absolute Gasteiger partial charge is 0.394 e. The van der Waals surface area contributed by atoms with Gasteiger partial charge in [-0.05, 0) is 50.9 Å². The zero-order valence-electron chi connectivity index (χ0n) is 23.3. The Morgan fingerprint density at radius 2 is 1.83 bits per heavy atom. The number of aliphatic hydroxyl groups excluding tert-OH is 1. The molecule has 3 fully saturated rings. The van der Waals surface area contributed by atoms with Crippen molar-refractivity contribution in [2.24, 2.45) is 29.1 Å². The maximum atomic E-state index is 14.2. The van der Waals surface area contributed by atoms with Gasteiger partial charge in [0.2, 0.25) is 17.7 Å². The molecule has 3 heterocycles. The second-order valence-corrected chi connectivity index (χ2v) is 13.3. The Labute approximate surface area is 210 Å². The lowest BCUT2D eigenvalue weighted by Crippen LogP contribution is -2.62. The second-order valence-electron chi connectivity index (χ2n) is 13.3. The first-order chi connectivity index (χ1) is 16.0. The average molecular weight is 494 g/mol. The molecular weight excluding hydrogens is 446 g/mol. The van der Waals surface area contributed by atoms with Crippen LogP contribution in [-0.4, -0.2) is 70.2 Å². The molecule has 3 rings (SSSR count). The molecule has 8 heteroatoms. The minimum atomic E-state index is -1.11. The normalized spacial score (nSPS) is 36.2. The maximum absolute atomic E-state index is 14.2. The van der Waals surface area contributed by atoms with Crippen molar-refractivity contribution < 1.29 is 24.2 Å². The predicted octanol–water partition coefficient (Wildman–Crippen LogP) is 2.48. The first-order valence-electron chi connectivity index (χ1n) is 13.2. The van der Waals surface area contributed by atoms with Gasteiger partial charge in [-0.2, -0.15) is 0 Å². The lowest BCUT2D eigenvalue weighted by atomic mass is 9.62. The van der Waals surface area contributed by atoms with Gasteiger partial charge in [-0.15, -0.1) is 0 Å². The summed E-state index contributed by atoms with van der Waals surface area (Å²) in [4.78, 5) is 43.0. The van der Waals surface area contributed by atoms with E-state index in [1.165, 1.54) is 0 Å². The highest BCUT2D eigenvalue weighted by atomic mass is 16.5. The predicted molar refractivity (Wildman–Crippen MR) is 134 cm³/mol. The standard InChI is InChI=1S/C27H47N3O5/c1-11-15(2)17(13-31)30-20(22(33)29-25(7,8)14-24(4,5)6)27-12-16(3)26(9,35-27)18(21(32)28-10)19(27)23(30)34/h15-20,31H,11-14H2,1-10H3,(H,28,32)(H,29,33)/t15-,16?,17-,18+,19-,20?,26-,27?/m0/s1. The fraction of sp³-hybridized carbons (Fsp3) is 0.889. The lowest BCUT2D eigenvalue weighted by molar-refractivity contribution is -0.152. The number of carbonyl (C=O) groups excluding carboxylic acids is 3. The fourth-order valence-corrected chi connectivity index (χ4v) is 7.48. The highest BCUT2D eigenvalue weighted by molar-refractivity contribution is 5.99. The van der Waals surface area contributed by atoms with Gasteiger partial charge in [-0.3, -0.25) is 14.4 Å². The number of likely N-dealkylation sites (tertiary alicyclic amines) is 1. The van der Waals surface area contributed by atoms with Gasteiger partial charge in [0, 0.05) is 12.6 Å². The van der Waals surface area contributed by atoms with Gasteiger partial charge >= 0.3 is 0 Å². The van der Waals surface area contributed by atoms with Crippen LogP contribution in [0.5, 0.6) is 0 Å². The van der Waals surface area contributed by atoms with Crippen LogP contribution in [0.15, 0.2) is 0 Å². The minimum absolute atomic E-state index is 0.0112. The number of amides is 3. The number of ether oxygens (including phenoxy) is 1. The van der Waals surface area contributed by atoms with E-state index in [0.717, 1.165) is 12.8 Å². The molecule has 0 saturated carbocycles. The molecule has 8 nitrogen and oxygen atoms in total. The molecule has 3 aliphatic rings. The van der Waals surface area contributed by atoms with Crippen molar-refractivity contribution in [1.29, 1.82) is 0 Å². The minimum Gasteiger partial charge on any atom is -0.394 e. The molecule has 8 atom stereocenters. The summed E-state index contributed by atoms with van der Waals surface area (Å²) < 4.78 is 6.71. The molecule has 0 radical (unpaired) electrons. The van der Waals surface area contributed by atoms with E-state index in [4.69, 9.17) is 4.74 Å². The van der Waals surface area contributed by atoms with Crippen LogP contribution in [0.1, 0.15) is 81.6 Å². The fourth-order valence-electron chi connectivity index (χ4n) is 7.48. The highest BCUT2D eigenvalue weighted by Crippen LogP contribution is 2.65. The van der Waals surface area contributed by atoms with Gasteiger partial charge < -0.3 is 25.4 Å². The van der Waals surface area contributed by atoms with Crippen LogP contribution in [0.25, 0.3) is 0 Å². The number of carbonyl (C=O) groups is 3. The van der Waals surface area contributed by atoms with Crippen LogP contribution < -0.4 is 10.6 Å². The molecule has 3 unspecified atom stereocenters. The van der Waals surface area contributed by atoms with Crippen molar-refractivity contribution >= 4 is 17.7 Å². The van der Waals surface area contributed by atoms with Gasteiger partial charge in [0.25, 0.3) is 0 Å². The van der Waals surface area contributed by atoms with E-state index in [0.29, 0.717) is 6.42 Å². The van der Waals surface area contributed by atoms with E-state index < -0.39 is 40.7 Å². The Balaban J connectivity index is 2.13. The Morgan fingerprint density at radius 3 is 2.31 bits per heavy atom. The Hall–Kier alpha value is -1.67. The molecule has 0 aromatic heterocycles. The molecule has 35 heavy (non-hydrogen) atoms. The van der Waals surface area contributed by atoms with Gasteiger partial charge in [-0.1, -0.05) is 48.0 Å². The molecule has 2 bridgehead atoms. The molecule has 0 aromatic rings. The maximum Gasteiger partial charge on any atom is 0.246 e. The summed E-state index contributed by atoms with van der Waals surface area (Å²) in [6, 6.07) is -1.45. The number of aliphatic hydroxyl groups is 1. The van der Waals surface area contributed by atoms with Gasteiger partial charge in [0.1, 0.15) is 11.6 Å². The molecule has 200 valence electrons. The van der Waals surface area contributed by atoms with E-state index in [1.54, 1.807) is 11.9 Å². The summed E-state index contributed by atoms with van der Waals surface area (Å²) >= 11 is 0. The van der Waals surface area contributed by atoms with E-state index >= 15 is 0 Å². The molecule has 1 spiro atoms.